The van der Waals surface area contributed by atoms with E-state index in [-0.39, 0.29) is 5.91 Å². The van der Waals surface area contributed by atoms with Crippen LogP contribution in [0.4, 0.5) is 16.2 Å². The van der Waals surface area contributed by atoms with Gasteiger partial charge in [-0.15, -0.1) is 0 Å². The van der Waals surface area contributed by atoms with Crippen LogP contribution in [0.15, 0.2) is 48.5 Å². The van der Waals surface area contributed by atoms with Crippen molar-refractivity contribution in [1.29, 1.82) is 0 Å². The van der Waals surface area contributed by atoms with Crippen molar-refractivity contribution >= 4 is 34.9 Å². The molecule has 3 rings (SSSR count). The summed E-state index contributed by atoms with van der Waals surface area (Å²) in [5.41, 5.74) is 2.57. The Morgan fingerprint density at radius 2 is 1.83 bits per heavy atom. The van der Waals surface area contributed by atoms with E-state index in [1.807, 2.05) is 24.3 Å². The van der Waals surface area contributed by atoms with E-state index in [0.717, 1.165) is 17.7 Å². The lowest BCUT2D eigenvalue weighted by Crippen LogP contribution is -2.47. The second-order valence-electron chi connectivity index (χ2n) is 5.67. The van der Waals surface area contributed by atoms with E-state index in [1.165, 1.54) is 0 Å². The van der Waals surface area contributed by atoms with Gasteiger partial charge in [0.1, 0.15) is 6.04 Å². The molecule has 0 saturated carbocycles. The average Bonchev–Trinajstić information content (AvgIpc) is 3.00. The Morgan fingerprint density at radius 3 is 2.62 bits per heavy atom. The Kier molecular flexibility index (Phi) is 4.71. The van der Waals surface area contributed by atoms with E-state index in [0.29, 0.717) is 17.3 Å². The van der Waals surface area contributed by atoms with Crippen LogP contribution in [0, 0.1) is 0 Å². The standard InChI is InChI=1S/C18H18ClN3O2/c1-12(20-18(24)21-15-8-4-3-7-14(15)19)17(23)22-11-10-13-6-2-5-9-16(13)22/h2-9,12H,10-11H2,1H3,(H2,20,21,24)/t12-/m0/s1. The average molecular weight is 344 g/mol. The molecule has 0 radical (unpaired) electrons. The minimum Gasteiger partial charge on any atom is -0.326 e. The van der Waals surface area contributed by atoms with Gasteiger partial charge in [0, 0.05) is 12.2 Å². The highest BCUT2D eigenvalue weighted by Crippen LogP contribution is 2.28. The quantitative estimate of drug-likeness (QED) is 0.896. The molecule has 0 spiro atoms. The molecule has 0 saturated heterocycles. The first kappa shape index (κ1) is 16.3. The Morgan fingerprint density at radius 1 is 1.12 bits per heavy atom. The summed E-state index contributed by atoms with van der Waals surface area (Å²) in [5, 5.41) is 5.76. The van der Waals surface area contributed by atoms with Crippen LogP contribution >= 0.6 is 11.6 Å². The molecular formula is C18H18ClN3O2. The molecule has 0 aliphatic carbocycles. The normalized spacial score (nSPS) is 14.0. The number of nitrogens with one attached hydrogen (secondary N) is 2. The lowest BCUT2D eigenvalue weighted by Gasteiger charge is -2.22. The van der Waals surface area contributed by atoms with Gasteiger partial charge in [0.25, 0.3) is 0 Å². The van der Waals surface area contributed by atoms with Gasteiger partial charge in [-0.25, -0.2) is 4.79 Å². The number of urea groups is 1. The Hall–Kier alpha value is -2.53. The van der Waals surface area contributed by atoms with Gasteiger partial charge in [-0.3, -0.25) is 4.79 Å². The molecule has 1 atom stereocenters. The van der Waals surface area contributed by atoms with Crippen LogP contribution in [-0.4, -0.2) is 24.5 Å². The minimum absolute atomic E-state index is 0.130. The second kappa shape index (κ2) is 6.93. The molecule has 0 aromatic heterocycles. The van der Waals surface area contributed by atoms with Crippen molar-refractivity contribution in [2.24, 2.45) is 0 Å². The molecule has 3 amide bonds. The number of hydrogen-bond acceptors (Lipinski definition) is 2. The number of rotatable bonds is 3. The number of amides is 3. The van der Waals surface area contributed by atoms with Gasteiger partial charge in [-0.05, 0) is 37.1 Å². The van der Waals surface area contributed by atoms with Gasteiger partial charge >= 0.3 is 6.03 Å². The lowest BCUT2D eigenvalue weighted by molar-refractivity contribution is -0.119. The number of anilines is 2. The monoisotopic (exact) mass is 343 g/mol. The van der Waals surface area contributed by atoms with Crippen LogP contribution in [0.25, 0.3) is 0 Å². The highest BCUT2D eigenvalue weighted by molar-refractivity contribution is 6.33. The van der Waals surface area contributed by atoms with E-state index in [2.05, 4.69) is 10.6 Å². The number of fused-ring (bicyclic) bond motifs is 1. The van der Waals surface area contributed by atoms with Crippen molar-refractivity contribution in [3.63, 3.8) is 0 Å². The molecular weight excluding hydrogens is 326 g/mol. The number of carbonyl (C=O) groups excluding carboxylic acids is 2. The molecule has 0 bridgehead atoms. The lowest BCUT2D eigenvalue weighted by atomic mass is 10.2. The molecule has 0 unspecified atom stereocenters. The van der Waals surface area contributed by atoms with Gasteiger partial charge in [0.15, 0.2) is 0 Å². The fraction of sp³-hybridized carbons (Fsp3) is 0.222. The SMILES string of the molecule is C[C@H](NC(=O)Nc1ccccc1Cl)C(=O)N1CCc2ccccc21. The highest BCUT2D eigenvalue weighted by atomic mass is 35.5. The van der Waals surface area contributed by atoms with Crippen LogP contribution in [0.1, 0.15) is 12.5 Å². The van der Waals surface area contributed by atoms with Crippen molar-refractivity contribution in [1.82, 2.24) is 5.32 Å². The number of carbonyl (C=O) groups is 2. The van der Waals surface area contributed by atoms with E-state index in [4.69, 9.17) is 11.6 Å². The number of halogens is 1. The summed E-state index contributed by atoms with van der Waals surface area (Å²) in [6.45, 7) is 2.31. The molecule has 124 valence electrons. The zero-order valence-electron chi connectivity index (χ0n) is 13.3. The Bertz CT molecular complexity index is 778. The number of hydrogen-bond donors (Lipinski definition) is 2. The Labute approximate surface area is 145 Å². The Balaban J connectivity index is 1.63. The first-order chi connectivity index (χ1) is 11.6. The molecule has 0 fully saturated rings. The van der Waals surface area contributed by atoms with Crippen molar-refractivity contribution in [2.45, 2.75) is 19.4 Å². The molecule has 1 heterocycles. The molecule has 1 aliphatic heterocycles. The topological polar surface area (TPSA) is 61.4 Å². The smallest absolute Gasteiger partial charge is 0.319 e. The van der Waals surface area contributed by atoms with Gasteiger partial charge in [0.05, 0.1) is 10.7 Å². The third kappa shape index (κ3) is 3.36. The minimum atomic E-state index is -0.640. The van der Waals surface area contributed by atoms with Gasteiger partial charge < -0.3 is 15.5 Å². The summed E-state index contributed by atoms with van der Waals surface area (Å²) in [6.07, 6.45) is 0.834. The van der Waals surface area contributed by atoms with Crippen LogP contribution in [0.3, 0.4) is 0 Å². The van der Waals surface area contributed by atoms with Crippen LogP contribution in [-0.2, 0) is 11.2 Å². The molecule has 2 aromatic rings. The fourth-order valence-electron chi connectivity index (χ4n) is 2.78. The summed E-state index contributed by atoms with van der Waals surface area (Å²) >= 11 is 6.01. The first-order valence-corrected chi connectivity index (χ1v) is 8.15. The maximum Gasteiger partial charge on any atom is 0.319 e. The van der Waals surface area contributed by atoms with Crippen LogP contribution in [0.2, 0.25) is 5.02 Å². The fourth-order valence-corrected chi connectivity index (χ4v) is 2.96. The summed E-state index contributed by atoms with van der Waals surface area (Å²) in [4.78, 5) is 26.4. The first-order valence-electron chi connectivity index (χ1n) is 7.77. The zero-order chi connectivity index (χ0) is 17.1. The molecule has 2 N–H and O–H groups in total. The summed E-state index contributed by atoms with van der Waals surface area (Å²) in [6, 6.07) is 13.7. The van der Waals surface area contributed by atoms with E-state index in [9.17, 15) is 9.59 Å². The summed E-state index contributed by atoms with van der Waals surface area (Å²) in [5.74, 6) is -0.130. The van der Waals surface area contributed by atoms with E-state index in [1.54, 1.807) is 36.1 Å². The third-order valence-corrected chi connectivity index (χ3v) is 4.32. The van der Waals surface area contributed by atoms with E-state index >= 15 is 0 Å². The van der Waals surface area contributed by atoms with Gasteiger partial charge in [0.2, 0.25) is 5.91 Å². The summed E-state index contributed by atoms with van der Waals surface area (Å²) in [7, 11) is 0. The highest BCUT2D eigenvalue weighted by Gasteiger charge is 2.28. The zero-order valence-corrected chi connectivity index (χ0v) is 14.0. The predicted octanol–water partition coefficient (Wildman–Crippen LogP) is 3.44. The number of nitrogens with zero attached hydrogens (tertiary/aromatic N) is 1. The largest absolute Gasteiger partial charge is 0.326 e. The van der Waals surface area contributed by atoms with Crippen LogP contribution < -0.4 is 15.5 Å². The maximum atomic E-state index is 12.6. The van der Waals surface area contributed by atoms with Gasteiger partial charge in [-0.2, -0.15) is 0 Å². The van der Waals surface area contributed by atoms with Crippen molar-refractivity contribution in [3.05, 3.63) is 59.1 Å². The molecule has 5 nitrogen and oxygen atoms in total. The van der Waals surface area contributed by atoms with Gasteiger partial charge in [-0.1, -0.05) is 41.9 Å². The molecule has 24 heavy (non-hydrogen) atoms. The molecule has 1 aliphatic rings. The number of benzene rings is 2. The predicted molar refractivity (Wildman–Crippen MR) is 95.6 cm³/mol. The number of para-hydroxylation sites is 2. The molecule has 6 heteroatoms. The van der Waals surface area contributed by atoms with E-state index < -0.39 is 12.1 Å². The third-order valence-electron chi connectivity index (χ3n) is 3.99. The second-order valence-corrected chi connectivity index (χ2v) is 6.08. The molecule has 2 aromatic carbocycles. The van der Waals surface area contributed by atoms with Crippen molar-refractivity contribution in [3.8, 4) is 0 Å². The summed E-state index contributed by atoms with van der Waals surface area (Å²) < 4.78 is 0. The van der Waals surface area contributed by atoms with Crippen LogP contribution in [0.5, 0.6) is 0 Å². The van der Waals surface area contributed by atoms with Crippen molar-refractivity contribution < 1.29 is 9.59 Å². The maximum absolute atomic E-state index is 12.6. The van der Waals surface area contributed by atoms with Crippen molar-refractivity contribution in [2.75, 3.05) is 16.8 Å².